The largest absolute Gasteiger partial charge is 0.369 e. The van der Waals surface area contributed by atoms with Crippen LogP contribution in [-0.2, 0) is 17.6 Å². The van der Waals surface area contributed by atoms with Gasteiger partial charge in [-0.1, -0.05) is 29.4 Å². The Bertz CT molecular complexity index is 1150. The number of aromatic nitrogens is 2. The minimum absolute atomic E-state index is 0.108. The van der Waals surface area contributed by atoms with E-state index in [0.29, 0.717) is 21.3 Å². The highest BCUT2D eigenvalue weighted by Gasteiger charge is 2.24. The zero-order valence-corrected chi connectivity index (χ0v) is 18.0. The first kappa shape index (κ1) is 19.5. The van der Waals surface area contributed by atoms with Gasteiger partial charge in [-0.25, -0.2) is 4.98 Å². The van der Waals surface area contributed by atoms with Crippen molar-refractivity contribution in [3.8, 4) is 5.69 Å². The van der Waals surface area contributed by atoms with Crippen LogP contribution in [-0.4, -0.2) is 20.7 Å². The van der Waals surface area contributed by atoms with Crippen molar-refractivity contribution in [3.05, 3.63) is 49.6 Å². The van der Waals surface area contributed by atoms with Crippen LogP contribution in [0.2, 0.25) is 5.02 Å². The number of carbonyl (C=O) groups is 1. The lowest BCUT2D eigenvalue weighted by Crippen LogP contribution is -2.26. The summed E-state index contributed by atoms with van der Waals surface area (Å²) in [7, 11) is 0. The molecule has 1 unspecified atom stereocenters. The Labute approximate surface area is 175 Å². The van der Waals surface area contributed by atoms with Crippen LogP contribution >= 0.6 is 34.7 Å². The van der Waals surface area contributed by atoms with Crippen molar-refractivity contribution < 1.29 is 4.79 Å². The highest BCUT2D eigenvalue weighted by molar-refractivity contribution is 8.00. The molecule has 1 aromatic carbocycles. The molecule has 3 aromatic rings. The Morgan fingerprint density at radius 3 is 2.82 bits per heavy atom. The van der Waals surface area contributed by atoms with Crippen LogP contribution in [0.25, 0.3) is 15.9 Å². The van der Waals surface area contributed by atoms with Crippen molar-refractivity contribution in [1.29, 1.82) is 0 Å². The predicted octanol–water partition coefficient (Wildman–Crippen LogP) is 4.25. The van der Waals surface area contributed by atoms with Gasteiger partial charge in [-0.2, -0.15) is 0 Å². The molecule has 4 rings (SSSR count). The van der Waals surface area contributed by atoms with Gasteiger partial charge in [0.25, 0.3) is 5.56 Å². The number of benzene rings is 1. The van der Waals surface area contributed by atoms with Crippen molar-refractivity contribution in [2.75, 3.05) is 0 Å². The first-order chi connectivity index (χ1) is 13.4. The third-order valence-electron chi connectivity index (χ3n) is 5.05. The van der Waals surface area contributed by atoms with Gasteiger partial charge < -0.3 is 5.73 Å². The number of carbonyl (C=O) groups excluding carboxylic acids is 1. The number of fused-ring (bicyclic) bond motifs is 3. The fourth-order valence-electron chi connectivity index (χ4n) is 3.43. The van der Waals surface area contributed by atoms with Crippen molar-refractivity contribution >= 4 is 50.8 Å². The van der Waals surface area contributed by atoms with Gasteiger partial charge in [-0.3, -0.25) is 14.2 Å². The lowest BCUT2D eigenvalue weighted by molar-refractivity contribution is -0.117. The summed E-state index contributed by atoms with van der Waals surface area (Å²) in [4.78, 5) is 32.0. The summed E-state index contributed by atoms with van der Waals surface area (Å²) in [6.45, 7) is 3.63. The third-order valence-corrected chi connectivity index (χ3v) is 7.72. The number of nitrogens with zero attached hydrogens (tertiary/aromatic N) is 2. The minimum Gasteiger partial charge on any atom is -0.369 e. The molecule has 0 radical (unpaired) electrons. The Hall–Kier alpha value is -1.83. The van der Waals surface area contributed by atoms with Crippen LogP contribution in [0.1, 0.15) is 35.8 Å². The molecule has 1 aliphatic rings. The van der Waals surface area contributed by atoms with E-state index in [1.165, 1.54) is 16.6 Å². The molecule has 1 atom stereocenters. The maximum atomic E-state index is 13.6. The molecule has 2 N–H and O–H groups in total. The number of hydrogen-bond donors (Lipinski definition) is 1. The Morgan fingerprint density at radius 2 is 2.11 bits per heavy atom. The lowest BCUT2D eigenvalue weighted by atomic mass is 9.97. The predicted molar refractivity (Wildman–Crippen MR) is 116 cm³/mol. The van der Waals surface area contributed by atoms with E-state index in [9.17, 15) is 9.59 Å². The molecule has 0 saturated carbocycles. The first-order valence-corrected chi connectivity index (χ1v) is 11.2. The molecule has 5 nitrogen and oxygen atoms in total. The number of hydrogen-bond acceptors (Lipinski definition) is 5. The summed E-state index contributed by atoms with van der Waals surface area (Å²) in [5.74, 6) is -0.446. The quantitative estimate of drug-likeness (QED) is 0.492. The fraction of sp³-hybridized carbons (Fsp3) is 0.350. The molecule has 0 saturated heterocycles. The van der Waals surface area contributed by atoms with E-state index in [2.05, 4.69) is 0 Å². The van der Waals surface area contributed by atoms with Crippen LogP contribution in [0.3, 0.4) is 0 Å². The molecular weight excluding hydrogens is 414 g/mol. The number of nitrogens with two attached hydrogens (primary N) is 1. The second kappa shape index (κ2) is 7.54. The maximum absolute atomic E-state index is 13.6. The van der Waals surface area contributed by atoms with E-state index in [1.807, 2.05) is 19.1 Å². The van der Waals surface area contributed by atoms with Crippen LogP contribution < -0.4 is 11.3 Å². The Kier molecular flexibility index (Phi) is 5.24. The van der Waals surface area contributed by atoms with E-state index in [1.54, 1.807) is 28.9 Å². The Morgan fingerprint density at radius 1 is 1.36 bits per heavy atom. The maximum Gasteiger partial charge on any atom is 0.267 e. The summed E-state index contributed by atoms with van der Waals surface area (Å²) >= 11 is 9.11. The fourth-order valence-corrected chi connectivity index (χ4v) is 5.78. The summed E-state index contributed by atoms with van der Waals surface area (Å²) in [5.41, 5.74) is 8.05. The normalized spacial score (nSPS) is 14.8. The zero-order chi connectivity index (χ0) is 20.0. The molecule has 0 fully saturated rings. The van der Waals surface area contributed by atoms with E-state index in [4.69, 9.17) is 22.3 Å². The van der Waals surface area contributed by atoms with Gasteiger partial charge in [0.2, 0.25) is 5.91 Å². The number of rotatable bonds is 4. The van der Waals surface area contributed by atoms with Crippen molar-refractivity contribution in [3.63, 3.8) is 0 Å². The summed E-state index contributed by atoms with van der Waals surface area (Å²) in [6.07, 6.45) is 4.13. The molecule has 0 aliphatic heterocycles. The number of thioether (sulfide) groups is 1. The van der Waals surface area contributed by atoms with Gasteiger partial charge in [-0.05, 0) is 62.8 Å². The van der Waals surface area contributed by atoms with Crippen LogP contribution in [0.4, 0.5) is 0 Å². The van der Waals surface area contributed by atoms with Crippen LogP contribution in [0.15, 0.2) is 28.2 Å². The molecular formula is C20H20ClN3O2S2. The standard InChI is InChI=1S/C20H20ClN3O2S2/c1-10-7-8-12(9-14(10)21)24-19(26)16-13-5-3-4-6-15(13)28-18(16)23-20(24)27-11(2)17(22)25/h7-9,11H,3-6H2,1-2H3,(H2,22,25). The van der Waals surface area contributed by atoms with Crippen LogP contribution in [0.5, 0.6) is 0 Å². The van der Waals surface area contributed by atoms with E-state index in [0.717, 1.165) is 41.6 Å². The van der Waals surface area contributed by atoms with Crippen molar-refractivity contribution in [1.82, 2.24) is 9.55 Å². The average molecular weight is 434 g/mol. The first-order valence-electron chi connectivity index (χ1n) is 9.16. The SMILES string of the molecule is Cc1ccc(-n2c(SC(C)C(N)=O)nc3sc4c(c3c2=O)CCCC4)cc1Cl. The van der Waals surface area contributed by atoms with Crippen molar-refractivity contribution in [2.45, 2.75) is 49.9 Å². The second-order valence-electron chi connectivity index (χ2n) is 7.02. The molecule has 0 bridgehead atoms. The lowest BCUT2D eigenvalue weighted by Gasteiger charge is -2.15. The molecule has 2 heterocycles. The van der Waals surface area contributed by atoms with Crippen molar-refractivity contribution in [2.24, 2.45) is 5.73 Å². The molecule has 1 aliphatic carbocycles. The van der Waals surface area contributed by atoms with E-state index >= 15 is 0 Å². The van der Waals surface area contributed by atoms with Gasteiger partial charge in [0, 0.05) is 9.90 Å². The van der Waals surface area contributed by atoms with E-state index in [-0.39, 0.29) is 5.56 Å². The molecule has 1 amide bonds. The number of amides is 1. The zero-order valence-electron chi connectivity index (χ0n) is 15.6. The molecule has 146 valence electrons. The smallest absolute Gasteiger partial charge is 0.267 e. The van der Waals surface area contributed by atoms with Gasteiger partial charge >= 0.3 is 0 Å². The molecule has 8 heteroatoms. The summed E-state index contributed by atoms with van der Waals surface area (Å²) < 4.78 is 1.57. The number of primary amides is 1. The number of aryl methyl sites for hydroxylation is 3. The van der Waals surface area contributed by atoms with Gasteiger partial charge in [0.05, 0.1) is 16.3 Å². The number of halogens is 1. The van der Waals surface area contributed by atoms with Crippen LogP contribution in [0, 0.1) is 6.92 Å². The summed E-state index contributed by atoms with van der Waals surface area (Å²) in [5, 5.41) is 1.23. The molecule has 2 aromatic heterocycles. The minimum atomic E-state index is -0.508. The highest BCUT2D eigenvalue weighted by Crippen LogP contribution is 2.36. The summed E-state index contributed by atoms with van der Waals surface area (Å²) in [6, 6.07) is 5.50. The average Bonchev–Trinajstić information content (AvgIpc) is 3.03. The second-order valence-corrected chi connectivity index (χ2v) is 9.82. The van der Waals surface area contributed by atoms with Gasteiger partial charge in [-0.15, -0.1) is 11.3 Å². The molecule has 0 spiro atoms. The van der Waals surface area contributed by atoms with Gasteiger partial charge in [0.1, 0.15) is 4.83 Å². The Balaban J connectivity index is 2.00. The topological polar surface area (TPSA) is 78.0 Å². The third kappa shape index (κ3) is 3.36. The highest BCUT2D eigenvalue weighted by atomic mass is 35.5. The van der Waals surface area contributed by atoms with E-state index < -0.39 is 11.2 Å². The molecule has 28 heavy (non-hydrogen) atoms. The number of thiophene rings is 1. The monoisotopic (exact) mass is 433 g/mol. The van der Waals surface area contributed by atoms with Gasteiger partial charge in [0.15, 0.2) is 5.16 Å².